The Labute approximate surface area is 149 Å². The lowest BCUT2D eigenvalue weighted by molar-refractivity contribution is -0.146. The molecule has 8 heteroatoms. The maximum Gasteiger partial charge on any atom is 0.321 e. The Morgan fingerprint density at radius 1 is 0.960 bits per heavy atom. The van der Waals surface area contributed by atoms with Crippen molar-refractivity contribution in [3.8, 4) is 0 Å². The Morgan fingerprint density at radius 3 is 2.00 bits per heavy atom. The maximum absolute atomic E-state index is 12.3. The van der Waals surface area contributed by atoms with Gasteiger partial charge in [-0.25, -0.2) is 0 Å². The van der Waals surface area contributed by atoms with Gasteiger partial charge in [-0.15, -0.1) is 0 Å². The van der Waals surface area contributed by atoms with Gasteiger partial charge < -0.3 is 15.1 Å². The quantitative estimate of drug-likeness (QED) is 0.689. The second-order valence-corrected chi connectivity index (χ2v) is 7.74. The number of carbonyl (C=O) groups is 3. The zero-order valence-corrected chi connectivity index (χ0v) is 15.7. The Balaban J connectivity index is 2.89. The number of ketones is 1. The van der Waals surface area contributed by atoms with E-state index in [1.165, 1.54) is 0 Å². The number of nitrogens with zero attached hydrogens (tertiary/aromatic N) is 3. The molecule has 0 aromatic heterocycles. The zero-order chi connectivity index (χ0) is 19.2. The highest BCUT2D eigenvalue weighted by atomic mass is 16.4. The van der Waals surface area contributed by atoms with Gasteiger partial charge in [0.15, 0.2) is 0 Å². The van der Waals surface area contributed by atoms with Crippen molar-refractivity contribution in [1.29, 1.82) is 0 Å². The molecule has 1 rings (SSSR count). The molecule has 1 atom stereocenters. The van der Waals surface area contributed by atoms with E-state index in [1.807, 2.05) is 11.9 Å². The molecule has 144 valence electrons. The number of aliphatic carboxylic acids is 2. The Bertz CT molecular complexity index is 489. The molecule has 0 bridgehead atoms. The van der Waals surface area contributed by atoms with Crippen molar-refractivity contribution < 1.29 is 24.6 Å². The third-order valence-electron chi connectivity index (χ3n) is 4.57. The van der Waals surface area contributed by atoms with Gasteiger partial charge in [0.1, 0.15) is 11.8 Å². The van der Waals surface area contributed by atoms with Gasteiger partial charge in [0, 0.05) is 51.1 Å². The summed E-state index contributed by atoms with van der Waals surface area (Å²) in [7, 11) is 1.93. The van der Waals surface area contributed by atoms with E-state index < -0.39 is 23.4 Å². The Kier molecular flexibility index (Phi) is 7.98. The smallest absolute Gasteiger partial charge is 0.321 e. The van der Waals surface area contributed by atoms with E-state index in [4.69, 9.17) is 5.11 Å². The fourth-order valence-electron chi connectivity index (χ4n) is 2.73. The molecule has 0 spiro atoms. The highest BCUT2D eigenvalue weighted by Crippen LogP contribution is 2.20. The average molecular weight is 357 g/mol. The lowest BCUT2D eigenvalue weighted by Gasteiger charge is -2.31. The molecule has 1 aliphatic heterocycles. The van der Waals surface area contributed by atoms with Gasteiger partial charge >= 0.3 is 11.9 Å². The molecule has 1 aliphatic rings. The highest BCUT2D eigenvalue weighted by Gasteiger charge is 2.33. The molecule has 25 heavy (non-hydrogen) atoms. The Morgan fingerprint density at radius 2 is 1.48 bits per heavy atom. The van der Waals surface area contributed by atoms with Crippen molar-refractivity contribution in [2.45, 2.75) is 33.2 Å². The van der Waals surface area contributed by atoms with Crippen LogP contribution in [0.4, 0.5) is 0 Å². The minimum Gasteiger partial charge on any atom is -0.480 e. The van der Waals surface area contributed by atoms with Crippen LogP contribution in [0.25, 0.3) is 0 Å². The van der Waals surface area contributed by atoms with Gasteiger partial charge in [-0.1, -0.05) is 20.8 Å². The van der Waals surface area contributed by atoms with Crippen LogP contribution in [0, 0.1) is 5.41 Å². The Hall–Kier alpha value is -1.51. The second-order valence-electron chi connectivity index (χ2n) is 7.74. The predicted octanol–water partition coefficient (Wildman–Crippen LogP) is 0.0789. The van der Waals surface area contributed by atoms with Crippen molar-refractivity contribution in [2.24, 2.45) is 5.41 Å². The number of Topliss-reactive ketones (excluding diaryl/α,β-unsaturated/α-hetero) is 1. The van der Waals surface area contributed by atoms with Gasteiger partial charge in [0.05, 0.1) is 6.54 Å². The van der Waals surface area contributed by atoms with Gasteiger partial charge in [-0.05, 0) is 7.05 Å². The number of carboxylic acids is 2. The molecule has 8 nitrogen and oxygen atoms in total. The number of hydrogen-bond donors (Lipinski definition) is 2. The third-order valence-corrected chi connectivity index (χ3v) is 4.57. The largest absolute Gasteiger partial charge is 0.480 e. The maximum atomic E-state index is 12.3. The number of carbonyl (C=O) groups excluding carboxylic acids is 1. The van der Waals surface area contributed by atoms with E-state index in [2.05, 4.69) is 4.90 Å². The van der Waals surface area contributed by atoms with Crippen molar-refractivity contribution in [2.75, 3.05) is 52.9 Å². The fourth-order valence-corrected chi connectivity index (χ4v) is 2.73. The molecule has 1 unspecified atom stereocenters. The first kappa shape index (κ1) is 21.5. The van der Waals surface area contributed by atoms with Crippen LogP contribution in [0.1, 0.15) is 27.2 Å². The van der Waals surface area contributed by atoms with Gasteiger partial charge in [0.25, 0.3) is 0 Å². The molecular formula is C17H31N3O5. The predicted molar refractivity (Wildman–Crippen MR) is 93.6 cm³/mol. The van der Waals surface area contributed by atoms with Gasteiger partial charge in [-0.2, -0.15) is 0 Å². The molecule has 1 heterocycles. The summed E-state index contributed by atoms with van der Waals surface area (Å²) in [6.07, 6.45) is -0.0402. The number of hydrogen-bond acceptors (Lipinski definition) is 6. The first-order valence-corrected chi connectivity index (χ1v) is 8.63. The van der Waals surface area contributed by atoms with E-state index in [1.54, 1.807) is 25.7 Å². The topological polar surface area (TPSA) is 101 Å². The monoisotopic (exact) mass is 357 g/mol. The summed E-state index contributed by atoms with van der Waals surface area (Å²) in [5, 5.41) is 18.7. The second kappa shape index (κ2) is 9.26. The van der Waals surface area contributed by atoms with Crippen molar-refractivity contribution in [3.63, 3.8) is 0 Å². The standard InChI is InChI=1S/C17H31N3O5/c1-17(2,3)14(21)11-13(16(24)25)20-9-6-18(4)5-7-19(8-10-20)12-15(22)23/h13H,5-12H2,1-4H3,(H,22,23)(H,24,25). The van der Waals surface area contributed by atoms with Crippen LogP contribution in [0.5, 0.6) is 0 Å². The van der Waals surface area contributed by atoms with Crippen LogP contribution in [-0.2, 0) is 14.4 Å². The van der Waals surface area contributed by atoms with E-state index in [0.29, 0.717) is 32.7 Å². The molecule has 1 fully saturated rings. The zero-order valence-electron chi connectivity index (χ0n) is 15.7. The van der Waals surface area contributed by atoms with Crippen molar-refractivity contribution in [3.05, 3.63) is 0 Å². The van der Waals surface area contributed by atoms with E-state index in [9.17, 15) is 19.5 Å². The molecular weight excluding hydrogens is 326 g/mol. The molecule has 0 saturated carbocycles. The summed E-state index contributed by atoms with van der Waals surface area (Å²) in [4.78, 5) is 40.8. The first-order chi connectivity index (χ1) is 11.5. The third kappa shape index (κ3) is 7.50. The normalized spacial score (nSPS) is 20.3. The van der Waals surface area contributed by atoms with Crippen LogP contribution >= 0.6 is 0 Å². The van der Waals surface area contributed by atoms with Crippen LogP contribution < -0.4 is 0 Å². The summed E-state index contributed by atoms with van der Waals surface area (Å²) >= 11 is 0. The lowest BCUT2D eigenvalue weighted by atomic mass is 9.87. The molecule has 0 aliphatic carbocycles. The van der Waals surface area contributed by atoms with E-state index >= 15 is 0 Å². The van der Waals surface area contributed by atoms with Crippen LogP contribution in [0.15, 0.2) is 0 Å². The fraction of sp³-hybridized carbons (Fsp3) is 0.824. The lowest BCUT2D eigenvalue weighted by Crippen LogP contribution is -2.48. The molecule has 0 amide bonds. The van der Waals surface area contributed by atoms with Crippen LogP contribution in [0.3, 0.4) is 0 Å². The highest BCUT2D eigenvalue weighted by molar-refractivity contribution is 5.89. The summed E-state index contributed by atoms with van der Waals surface area (Å²) in [5.41, 5.74) is -0.584. The van der Waals surface area contributed by atoms with Gasteiger partial charge in [0.2, 0.25) is 0 Å². The van der Waals surface area contributed by atoms with Gasteiger partial charge in [-0.3, -0.25) is 24.2 Å². The van der Waals surface area contributed by atoms with E-state index in [-0.39, 0.29) is 18.7 Å². The van der Waals surface area contributed by atoms with Crippen molar-refractivity contribution in [1.82, 2.24) is 14.7 Å². The van der Waals surface area contributed by atoms with Crippen LogP contribution in [0.2, 0.25) is 0 Å². The number of rotatable bonds is 6. The van der Waals surface area contributed by atoms with Crippen molar-refractivity contribution >= 4 is 17.7 Å². The minimum absolute atomic E-state index is 0.0402. The molecule has 0 aromatic carbocycles. The minimum atomic E-state index is -1.01. The average Bonchev–Trinajstić information content (AvgIpc) is 2.55. The SMILES string of the molecule is CN1CCN(CC(=O)O)CCN(C(CC(=O)C(C)(C)C)C(=O)O)CC1. The summed E-state index contributed by atoms with van der Waals surface area (Å²) in [5.74, 6) is -1.99. The molecule has 1 saturated heterocycles. The number of likely N-dealkylation sites (N-methyl/N-ethyl adjacent to an activating group) is 1. The molecule has 0 aromatic rings. The van der Waals surface area contributed by atoms with E-state index in [0.717, 1.165) is 6.54 Å². The number of carboxylic acid groups (broad SMARTS) is 2. The summed E-state index contributed by atoms with van der Waals surface area (Å²) < 4.78 is 0. The summed E-state index contributed by atoms with van der Waals surface area (Å²) in [6.45, 7) is 8.73. The van der Waals surface area contributed by atoms with Crippen LogP contribution in [-0.4, -0.2) is 102 Å². The summed E-state index contributed by atoms with van der Waals surface area (Å²) in [6, 6.07) is -0.884. The molecule has 0 radical (unpaired) electrons. The first-order valence-electron chi connectivity index (χ1n) is 8.63. The molecule has 2 N–H and O–H groups in total.